The van der Waals surface area contributed by atoms with Gasteiger partial charge in [0.25, 0.3) is 0 Å². The Kier molecular flexibility index (Phi) is 6.20. The molecular formula is C22H30N2O2S. The van der Waals surface area contributed by atoms with Crippen LogP contribution in [0, 0.1) is 32.6 Å². The van der Waals surface area contributed by atoms with Gasteiger partial charge in [-0.2, -0.15) is 0 Å². The summed E-state index contributed by atoms with van der Waals surface area (Å²) < 4.78 is 5.97. The van der Waals surface area contributed by atoms with E-state index in [-0.39, 0.29) is 11.8 Å². The number of nitrogens with zero attached hydrogens (tertiary/aromatic N) is 1. The number of ether oxygens (including phenoxy) is 1. The van der Waals surface area contributed by atoms with Gasteiger partial charge in [-0.1, -0.05) is 13.8 Å². The van der Waals surface area contributed by atoms with E-state index in [9.17, 15) is 4.79 Å². The van der Waals surface area contributed by atoms with E-state index in [0.29, 0.717) is 11.0 Å². The Labute approximate surface area is 166 Å². The number of carbonyl (C=O) groups is 1. The molecule has 0 aliphatic heterocycles. The van der Waals surface area contributed by atoms with Crippen molar-refractivity contribution in [3.8, 4) is 5.75 Å². The standard InChI is InChI=1S/C22H30N2O2S/c1-6-9-26-20-10-13(2)18-8-7-17(11-19(18)16(20)5)15(4)21(25)24-22-23-12-14(3)27-22/h10,12,15,17H,6-9,11H2,1-5H3,(H,23,24,25)/t15-,17-/m1/s1. The van der Waals surface area contributed by atoms with Crippen molar-refractivity contribution in [2.45, 2.75) is 60.3 Å². The highest BCUT2D eigenvalue weighted by atomic mass is 32.1. The van der Waals surface area contributed by atoms with Crippen LogP contribution in [0.2, 0.25) is 0 Å². The van der Waals surface area contributed by atoms with Crippen LogP contribution in [0.5, 0.6) is 5.75 Å². The van der Waals surface area contributed by atoms with Crippen LogP contribution in [0.25, 0.3) is 0 Å². The largest absolute Gasteiger partial charge is 0.493 e. The topological polar surface area (TPSA) is 51.2 Å². The van der Waals surface area contributed by atoms with Gasteiger partial charge in [0.1, 0.15) is 5.75 Å². The maximum absolute atomic E-state index is 12.7. The second-order valence-electron chi connectivity index (χ2n) is 7.68. The average Bonchev–Trinajstić information content (AvgIpc) is 3.07. The van der Waals surface area contributed by atoms with Crippen LogP contribution in [0.15, 0.2) is 12.3 Å². The third-order valence-corrected chi connectivity index (χ3v) is 6.50. The van der Waals surface area contributed by atoms with Gasteiger partial charge in [0.15, 0.2) is 5.13 Å². The lowest BCUT2D eigenvalue weighted by Gasteiger charge is -2.31. The predicted octanol–water partition coefficient (Wildman–Crippen LogP) is 5.24. The van der Waals surface area contributed by atoms with E-state index in [1.807, 2.05) is 13.8 Å². The van der Waals surface area contributed by atoms with E-state index in [1.54, 1.807) is 6.20 Å². The molecule has 0 radical (unpaired) electrons. The molecule has 2 atom stereocenters. The number of carbonyl (C=O) groups excluding carboxylic acids is 1. The van der Waals surface area contributed by atoms with Gasteiger partial charge in [0.2, 0.25) is 5.91 Å². The monoisotopic (exact) mass is 386 g/mol. The molecule has 4 nitrogen and oxygen atoms in total. The van der Waals surface area contributed by atoms with Crippen molar-refractivity contribution < 1.29 is 9.53 Å². The van der Waals surface area contributed by atoms with Crippen LogP contribution in [-0.4, -0.2) is 17.5 Å². The molecule has 3 rings (SSSR count). The molecule has 1 heterocycles. The fraction of sp³-hybridized carbons (Fsp3) is 0.545. The van der Waals surface area contributed by atoms with Crippen LogP contribution in [0.4, 0.5) is 5.13 Å². The first-order valence-electron chi connectivity index (χ1n) is 9.88. The summed E-state index contributed by atoms with van der Waals surface area (Å²) in [6.45, 7) is 11.3. The van der Waals surface area contributed by atoms with Crippen molar-refractivity contribution in [2.24, 2.45) is 11.8 Å². The van der Waals surface area contributed by atoms with Crippen molar-refractivity contribution in [3.05, 3.63) is 39.4 Å². The highest BCUT2D eigenvalue weighted by molar-refractivity contribution is 7.15. The SMILES string of the molecule is CCCOc1cc(C)c2c(c1C)C[C@H]([C@@H](C)C(=O)Nc1ncc(C)s1)CC2. The van der Waals surface area contributed by atoms with Crippen LogP contribution < -0.4 is 10.1 Å². The number of hydrogen-bond acceptors (Lipinski definition) is 4. The van der Waals surface area contributed by atoms with Crippen molar-refractivity contribution in [2.75, 3.05) is 11.9 Å². The molecule has 2 aromatic rings. The summed E-state index contributed by atoms with van der Waals surface area (Å²) >= 11 is 1.52. The van der Waals surface area contributed by atoms with E-state index in [4.69, 9.17) is 4.74 Å². The Morgan fingerprint density at radius 3 is 2.81 bits per heavy atom. The van der Waals surface area contributed by atoms with Gasteiger partial charge in [-0.05, 0) is 80.7 Å². The maximum atomic E-state index is 12.7. The number of anilines is 1. The van der Waals surface area contributed by atoms with E-state index >= 15 is 0 Å². The zero-order chi connectivity index (χ0) is 19.6. The second kappa shape index (κ2) is 8.42. The van der Waals surface area contributed by atoms with E-state index < -0.39 is 0 Å². The molecule has 1 aromatic heterocycles. The summed E-state index contributed by atoms with van der Waals surface area (Å²) in [6.07, 6.45) is 5.83. The van der Waals surface area contributed by atoms with Gasteiger partial charge in [0, 0.05) is 17.0 Å². The number of thiazole rings is 1. The van der Waals surface area contributed by atoms with Crippen LogP contribution in [0.1, 0.15) is 53.8 Å². The fourth-order valence-corrected chi connectivity index (χ4v) is 4.63. The third kappa shape index (κ3) is 4.34. The lowest BCUT2D eigenvalue weighted by atomic mass is 9.75. The quantitative estimate of drug-likeness (QED) is 0.739. The molecule has 1 aliphatic carbocycles. The summed E-state index contributed by atoms with van der Waals surface area (Å²) in [5.41, 5.74) is 5.41. The molecule has 27 heavy (non-hydrogen) atoms. The normalized spacial score (nSPS) is 17.3. The molecule has 0 bridgehead atoms. The van der Waals surface area contributed by atoms with Gasteiger partial charge in [-0.3, -0.25) is 4.79 Å². The van der Waals surface area contributed by atoms with Gasteiger partial charge < -0.3 is 10.1 Å². The minimum absolute atomic E-state index is 0.0396. The molecular weight excluding hydrogens is 356 g/mol. The second-order valence-corrected chi connectivity index (χ2v) is 8.91. The first kappa shape index (κ1) is 19.9. The average molecular weight is 387 g/mol. The molecule has 0 saturated heterocycles. The van der Waals surface area contributed by atoms with Crippen LogP contribution in [0.3, 0.4) is 0 Å². The minimum Gasteiger partial charge on any atom is -0.493 e. The summed E-state index contributed by atoms with van der Waals surface area (Å²) in [7, 11) is 0. The van der Waals surface area contributed by atoms with E-state index in [2.05, 4.69) is 37.1 Å². The summed E-state index contributed by atoms with van der Waals surface area (Å²) in [6, 6.07) is 2.19. The number of fused-ring (bicyclic) bond motifs is 1. The minimum atomic E-state index is -0.0396. The van der Waals surface area contributed by atoms with E-state index in [0.717, 1.165) is 42.9 Å². The molecule has 1 aromatic carbocycles. The Balaban J connectivity index is 1.76. The number of benzene rings is 1. The molecule has 0 fully saturated rings. The summed E-state index contributed by atoms with van der Waals surface area (Å²) in [5, 5.41) is 3.69. The summed E-state index contributed by atoms with van der Waals surface area (Å²) in [5.74, 6) is 1.38. The first-order chi connectivity index (χ1) is 12.9. The molecule has 1 aliphatic rings. The van der Waals surface area contributed by atoms with Crippen molar-refractivity contribution in [1.82, 2.24) is 4.98 Å². The van der Waals surface area contributed by atoms with Crippen molar-refractivity contribution >= 4 is 22.4 Å². The molecule has 0 saturated carbocycles. The Hall–Kier alpha value is -1.88. The van der Waals surface area contributed by atoms with Crippen LogP contribution in [-0.2, 0) is 17.6 Å². The molecule has 1 N–H and O–H groups in total. The number of nitrogens with one attached hydrogen (secondary N) is 1. The van der Waals surface area contributed by atoms with Crippen molar-refractivity contribution in [1.29, 1.82) is 0 Å². The first-order valence-corrected chi connectivity index (χ1v) is 10.7. The highest BCUT2D eigenvalue weighted by Gasteiger charge is 2.30. The predicted molar refractivity (Wildman–Crippen MR) is 112 cm³/mol. The lowest BCUT2D eigenvalue weighted by molar-refractivity contribution is -0.121. The molecule has 1 amide bonds. The number of aromatic nitrogens is 1. The Bertz CT molecular complexity index is 828. The zero-order valence-electron chi connectivity index (χ0n) is 17.0. The molecule has 0 spiro atoms. The number of rotatable bonds is 6. The maximum Gasteiger partial charge on any atom is 0.229 e. The Morgan fingerprint density at radius 2 is 2.15 bits per heavy atom. The van der Waals surface area contributed by atoms with Gasteiger partial charge in [-0.15, -0.1) is 11.3 Å². The fourth-order valence-electron chi connectivity index (χ4n) is 3.96. The number of aryl methyl sites for hydroxylation is 2. The third-order valence-electron chi connectivity index (χ3n) is 5.68. The smallest absolute Gasteiger partial charge is 0.229 e. The van der Waals surface area contributed by atoms with Crippen LogP contribution >= 0.6 is 11.3 Å². The van der Waals surface area contributed by atoms with Crippen molar-refractivity contribution in [3.63, 3.8) is 0 Å². The van der Waals surface area contributed by atoms with E-state index in [1.165, 1.54) is 33.6 Å². The number of amides is 1. The molecule has 5 heteroatoms. The number of hydrogen-bond donors (Lipinski definition) is 1. The van der Waals surface area contributed by atoms with Gasteiger partial charge in [0.05, 0.1) is 6.61 Å². The molecule has 0 unspecified atom stereocenters. The summed E-state index contributed by atoms with van der Waals surface area (Å²) in [4.78, 5) is 18.1. The zero-order valence-corrected chi connectivity index (χ0v) is 17.8. The lowest BCUT2D eigenvalue weighted by Crippen LogP contribution is -2.31. The highest BCUT2D eigenvalue weighted by Crippen LogP contribution is 2.38. The Morgan fingerprint density at radius 1 is 1.37 bits per heavy atom. The van der Waals surface area contributed by atoms with Gasteiger partial charge in [-0.25, -0.2) is 4.98 Å². The van der Waals surface area contributed by atoms with Gasteiger partial charge >= 0.3 is 0 Å². The molecule has 146 valence electrons.